The van der Waals surface area contributed by atoms with Crippen LogP contribution in [0.25, 0.3) is 6.08 Å². The minimum atomic E-state index is -0.0247. The lowest BCUT2D eigenvalue weighted by Crippen LogP contribution is -2.55. The molecule has 2 aromatic carbocycles. The van der Waals surface area contributed by atoms with Crippen molar-refractivity contribution in [2.45, 2.75) is 30.6 Å². The van der Waals surface area contributed by atoms with Gasteiger partial charge in [0.25, 0.3) is 5.91 Å². The number of hydrogen-bond donors (Lipinski definition) is 0. The number of benzene rings is 2. The summed E-state index contributed by atoms with van der Waals surface area (Å²) in [6.07, 6.45) is 4.43. The smallest absolute Gasteiger partial charge is 0.260 e. The Bertz CT molecular complexity index is 1130. The molecule has 3 fully saturated rings. The number of anilines is 1. The van der Waals surface area contributed by atoms with Gasteiger partial charge in [-0.2, -0.15) is 0 Å². The number of fused-ring (bicyclic) bond motifs is 1. The normalized spacial score (nSPS) is 26.1. The number of thioether (sulfide) groups is 1. The lowest BCUT2D eigenvalue weighted by Gasteiger charge is -2.45. The van der Waals surface area contributed by atoms with E-state index in [0.29, 0.717) is 10.3 Å². The minimum Gasteiger partial charge on any atom is -0.368 e. The first-order chi connectivity index (χ1) is 16.9. The van der Waals surface area contributed by atoms with Gasteiger partial charge in [-0.05, 0) is 61.2 Å². The topological polar surface area (TPSA) is 43.9 Å². The summed E-state index contributed by atoms with van der Waals surface area (Å²) in [4.78, 5) is 33.4. The standard InChI is InChI=1S/C27H29Cl2N3O2S/c1-30-23-16-19(26(33)32-14-12-31(13-15-32)21-9-7-20(28)8-10-21)6-11-24(23)35-25(27(30)34)17-18-4-2-3-5-22(18)29/h2-5,7-10,17,19,23-24H,6,11-16H2,1H3/b25-17-. The summed E-state index contributed by atoms with van der Waals surface area (Å²) in [6.45, 7) is 3.08. The second kappa shape index (κ2) is 10.5. The Morgan fingerprint density at radius 1 is 1.00 bits per heavy atom. The number of piperazine rings is 1. The SMILES string of the molecule is CN1C(=O)/C(=C/c2ccccc2Cl)SC2CCC(C(=O)N3CCN(c4ccc(Cl)cc4)CC3)CC21. The van der Waals surface area contributed by atoms with Crippen LogP contribution >= 0.6 is 35.0 Å². The molecule has 2 saturated heterocycles. The summed E-state index contributed by atoms with van der Waals surface area (Å²) in [5, 5.41) is 1.68. The average Bonchev–Trinajstić information content (AvgIpc) is 2.88. The fraction of sp³-hybridized carbons (Fsp3) is 0.407. The summed E-state index contributed by atoms with van der Waals surface area (Å²) in [7, 11) is 1.87. The van der Waals surface area contributed by atoms with Crippen LogP contribution < -0.4 is 4.90 Å². The van der Waals surface area contributed by atoms with Crippen LogP contribution in [0.4, 0.5) is 5.69 Å². The first-order valence-electron chi connectivity index (χ1n) is 12.1. The highest BCUT2D eigenvalue weighted by molar-refractivity contribution is 8.04. The highest BCUT2D eigenvalue weighted by atomic mass is 35.5. The highest BCUT2D eigenvalue weighted by Gasteiger charge is 2.43. The molecular weight excluding hydrogens is 501 g/mol. The molecule has 2 aromatic rings. The van der Waals surface area contributed by atoms with Crippen molar-refractivity contribution >= 4 is 58.5 Å². The van der Waals surface area contributed by atoms with Gasteiger partial charge in [-0.15, -0.1) is 11.8 Å². The van der Waals surface area contributed by atoms with Gasteiger partial charge in [-0.1, -0.05) is 41.4 Å². The molecule has 3 aliphatic rings. The van der Waals surface area contributed by atoms with E-state index in [-0.39, 0.29) is 23.8 Å². The third-order valence-electron chi connectivity index (χ3n) is 7.39. The van der Waals surface area contributed by atoms with E-state index in [1.54, 1.807) is 11.8 Å². The summed E-state index contributed by atoms with van der Waals surface area (Å²) in [5.41, 5.74) is 2.00. The van der Waals surface area contributed by atoms with Gasteiger partial charge in [0, 0.05) is 66.2 Å². The van der Waals surface area contributed by atoms with E-state index in [1.165, 1.54) is 0 Å². The van der Waals surface area contributed by atoms with Gasteiger partial charge in [-0.3, -0.25) is 9.59 Å². The molecule has 0 N–H and O–H groups in total. The third-order valence-corrected chi connectivity index (χ3v) is 9.38. The number of hydrogen-bond acceptors (Lipinski definition) is 4. The quantitative estimate of drug-likeness (QED) is 0.497. The molecular formula is C27H29Cl2N3O2S. The summed E-state index contributed by atoms with van der Waals surface area (Å²) in [5.74, 6) is 0.228. The zero-order chi connectivity index (χ0) is 24.5. The van der Waals surface area contributed by atoms with Gasteiger partial charge in [-0.25, -0.2) is 0 Å². The van der Waals surface area contributed by atoms with Crippen LogP contribution in [-0.4, -0.2) is 66.1 Å². The van der Waals surface area contributed by atoms with Gasteiger partial charge in [0.05, 0.1) is 4.91 Å². The van der Waals surface area contributed by atoms with Crippen LogP contribution in [0.3, 0.4) is 0 Å². The second-order valence-corrected chi connectivity index (χ2v) is 11.6. The van der Waals surface area contributed by atoms with E-state index in [0.717, 1.165) is 66.6 Å². The zero-order valence-electron chi connectivity index (χ0n) is 19.7. The largest absolute Gasteiger partial charge is 0.368 e. The summed E-state index contributed by atoms with van der Waals surface area (Å²) in [6, 6.07) is 15.5. The van der Waals surface area contributed by atoms with Crippen molar-refractivity contribution in [3.8, 4) is 0 Å². The molecule has 2 aliphatic heterocycles. The van der Waals surface area contributed by atoms with E-state index in [2.05, 4.69) is 4.90 Å². The Morgan fingerprint density at radius 2 is 1.71 bits per heavy atom. The Kier molecular flexibility index (Phi) is 7.33. The first-order valence-corrected chi connectivity index (χ1v) is 13.7. The Balaban J connectivity index is 1.20. The molecule has 2 heterocycles. The first kappa shape index (κ1) is 24.5. The lowest BCUT2D eigenvalue weighted by molar-refractivity contribution is -0.139. The molecule has 5 nitrogen and oxygen atoms in total. The molecule has 0 bridgehead atoms. The van der Waals surface area contributed by atoms with E-state index in [4.69, 9.17) is 23.2 Å². The van der Waals surface area contributed by atoms with Crippen molar-refractivity contribution in [1.82, 2.24) is 9.80 Å². The third kappa shape index (κ3) is 5.20. The highest BCUT2D eigenvalue weighted by Crippen LogP contribution is 2.44. The molecule has 0 spiro atoms. The predicted octanol–water partition coefficient (Wildman–Crippen LogP) is 5.43. The van der Waals surface area contributed by atoms with Crippen LogP contribution in [0.1, 0.15) is 24.8 Å². The fourth-order valence-corrected chi connectivity index (χ4v) is 7.14. The van der Waals surface area contributed by atoms with E-state index < -0.39 is 0 Å². The van der Waals surface area contributed by atoms with Gasteiger partial charge in [0.2, 0.25) is 5.91 Å². The molecule has 1 aliphatic carbocycles. The molecule has 3 atom stereocenters. The molecule has 8 heteroatoms. The maximum absolute atomic E-state index is 13.4. The van der Waals surface area contributed by atoms with E-state index in [1.807, 2.05) is 71.5 Å². The molecule has 184 valence electrons. The Morgan fingerprint density at radius 3 is 2.43 bits per heavy atom. The second-order valence-electron chi connectivity index (χ2n) is 9.47. The number of carbonyl (C=O) groups excluding carboxylic acids is 2. The van der Waals surface area contributed by atoms with Crippen LogP contribution in [0.15, 0.2) is 53.4 Å². The number of amides is 2. The molecule has 0 aromatic heterocycles. The number of carbonyl (C=O) groups is 2. The molecule has 35 heavy (non-hydrogen) atoms. The number of rotatable bonds is 3. The number of likely N-dealkylation sites (N-methyl/N-ethyl adjacent to an activating group) is 1. The number of halogens is 2. The molecule has 5 rings (SSSR count). The van der Waals surface area contributed by atoms with Crippen molar-refractivity contribution in [3.05, 3.63) is 69.0 Å². The predicted molar refractivity (Wildman–Crippen MR) is 145 cm³/mol. The maximum atomic E-state index is 13.4. The summed E-state index contributed by atoms with van der Waals surface area (Å²) >= 11 is 14.0. The molecule has 1 saturated carbocycles. The Labute approximate surface area is 221 Å². The van der Waals surface area contributed by atoms with Crippen molar-refractivity contribution in [3.63, 3.8) is 0 Å². The zero-order valence-corrected chi connectivity index (χ0v) is 22.0. The van der Waals surface area contributed by atoms with Crippen LogP contribution in [-0.2, 0) is 9.59 Å². The maximum Gasteiger partial charge on any atom is 0.260 e. The molecule has 3 unspecified atom stereocenters. The van der Waals surface area contributed by atoms with Crippen molar-refractivity contribution in [1.29, 1.82) is 0 Å². The monoisotopic (exact) mass is 529 g/mol. The van der Waals surface area contributed by atoms with Gasteiger partial charge in [0.1, 0.15) is 0 Å². The molecule has 2 amide bonds. The summed E-state index contributed by atoms with van der Waals surface area (Å²) < 4.78 is 0. The molecule has 0 radical (unpaired) electrons. The Hall–Kier alpha value is -2.15. The fourth-order valence-electron chi connectivity index (χ4n) is 5.35. The van der Waals surface area contributed by atoms with E-state index >= 15 is 0 Å². The minimum absolute atomic E-state index is 0.0147. The van der Waals surface area contributed by atoms with Crippen LogP contribution in [0.2, 0.25) is 10.0 Å². The van der Waals surface area contributed by atoms with Gasteiger partial charge >= 0.3 is 0 Å². The van der Waals surface area contributed by atoms with Crippen molar-refractivity contribution < 1.29 is 9.59 Å². The number of nitrogens with zero attached hydrogens (tertiary/aromatic N) is 3. The average molecular weight is 531 g/mol. The van der Waals surface area contributed by atoms with Gasteiger partial charge < -0.3 is 14.7 Å². The lowest BCUT2D eigenvalue weighted by atomic mass is 9.83. The van der Waals surface area contributed by atoms with Crippen LogP contribution in [0.5, 0.6) is 0 Å². The van der Waals surface area contributed by atoms with Crippen molar-refractivity contribution in [2.24, 2.45) is 5.92 Å². The van der Waals surface area contributed by atoms with Gasteiger partial charge in [0.15, 0.2) is 0 Å². The van der Waals surface area contributed by atoms with Crippen LogP contribution in [0, 0.1) is 5.92 Å². The van der Waals surface area contributed by atoms with E-state index in [9.17, 15) is 9.59 Å². The van der Waals surface area contributed by atoms with Crippen molar-refractivity contribution in [2.75, 3.05) is 38.1 Å².